The molecule has 8 nitrogen and oxygen atoms in total. The molecule has 0 bridgehead atoms. The van der Waals surface area contributed by atoms with Crippen molar-refractivity contribution in [2.75, 3.05) is 0 Å². The zero-order valence-corrected chi connectivity index (χ0v) is 23.0. The summed E-state index contributed by atoms with van der Waals surface area (Å²) in [5.74, 6) is -2.91. The molecule has 0 aliphatic carbocycles. The lowest BCUT2D eigenvalue weighted by Gasteiger charge is -2.19. The van der Waals surface area contributed by atoms with E-state index in [4.69, 9.17) is 4.74 Å². The van der Waals surface area contributed by atoms with E-state index in [9.17, 15) is 22.8 Å². The Bertz CT molecular complexity index is 1880. The zero-order chi connectivity index (χ0) is 30.2. The first-order valence-corrected chi connectivity index (χ1v) is 13.2. The van der Waals surface area contributed by atoms with Crippen molar-refractivity contribution in [2.45, 2.75) is 52.6 Å². The van der Waals surface area contributed by atoms with Crippen molar-refractivity contribution in [1.29, 1.82) is 0 Å². The molecule has 5 aromatic rings. The minimum atomic E-state index is -4.72. The van der Waals surface area contributed by atoms with E-state index in [2.05, 4.69) is 10.2 Å². The van der Waals surface area contributed by atoms with Crippen molar-refractivity contribution >= 4 is 10.8 Å². The van der Waals surface area contributed by atoms with Crippen LogP contribution in [-0.2, 0) is 24.5 Å². The van der Waals surface area contributed by atoms with Crippen molar-refractivity contribution in [3.05, 3.63) is 116 Å². The summed E-state index contributed by atoms with van der Waals surface area (Å²) in [7, 11) is 0. The molecule has 2 aromatic heterocycles. The number of aryl methyl sites for hydroxylation is 1. The number of benzene rings is 3. The maximum atomic E-state index is 15.6. The largest absolute Gasteiger partial charge is 0.397 e. The van der Waals surface area contributed by atoms with Crippen molar-refractivity contribution in [1.82, 2.24) is 24.1 Å². The maximum absolute atomic E-state index is 15.6. The molecule has 0 amide bonds. The van der Waals surface area contributed by atoms with Gasteiger partial charge in [0, 0.05) is 11.9 Å². The first kappa shape index (κ1) is 28.9. The average Bonchev–Trinajstić information content (AvgIpc) is 3.28. The lowest BCUT2D eigenvalue weighted by molar-refractivity contribution is -0.147. The van der Waals surface area contributed by atoms with Gasteiger partial charge in [-0.1, -0.05) is 48.5 Å². The zero-order valence-electron chi connectivity index (χ0n) is 23.0. The van der Waals surface area contributed by atoms with E-state index in [0.717, 1.165) is 34.0 Å². The molecule has 0 aliphatic rings. The Balaban J connectivity index is 1.66. The third-order valence-electron chi connectivity index (χ3n) is 7.06. The summed E-state index contributed by atoms with van der Waals surface area (Å²) in [6.45, 7) is 4.66. The summed E-state index contributed by atoms with van der Waals surface area (Å²) in [5.41, 5.74) is -0.649. The molecule has 2 heterocycles. The highest BCUT2D eigenvalue weighted by Gasteiger charge is 2.40. The van der Waals surface area contributed by atoms with E-state index < -0.39 is 40.5 Å². The number of fused-ring (bicyclic) bond motifs is 1. The fourth-order valence-electron chi connectivity index (χ4n) is 4.73. The summed E-state index contributed by atoms with van der Waals surface area (Å²) < 4.78 is 66.3. The van der Waals surface area contributed by atoms with E-state index >= 15 is 4.39 Å². The molecular formula is C30H27F4N5O3. The van der Waals surface area contributed by atoms with Gasteiger partial charge in [-0.3, -0.25) is 9.36 Å². The Morgan fingerprint density at radius 1 is 0.881 bits per heavy atom. The highest BCUT2D eigenvalue weighted by molar-refractivity contribution is 5.86. The molecular weight excluding hydrogens is 554 g/mol. The summed E-state index contributed by atoms with van der Waals surface area (Å²) in [5, 5.41) is 7.83. The number of nitrogens with zero attached hydrogens (tertiary/aromatic N) is 5. The van der Waals surface area contributed by atoms with E-state index in [1.165, 1.54) is 4.57 Å². The van der Waals surface area contributed by atoms with Gasteiger partial charge < -0.3 is 4.74 Å². The third kappa shape index (κ3) is 5.37. The van der Waals surface area contributed by atoms with Crippen LogP contribution in [0.15, 0.2) is 76.3 Å². The average molecular weight is 582 g/mol. The molecule has 0 saturated heterocycles. The smallest absolute Gasteiger partial charge is 0.369 e. The van der Waals surface area contributed by atoms with Crippen LogP contribution in [0.2, 0.25) is 0 Å². The van der Waals surface area contributed by atoms with Crippen molar-refractivity contribution in [3.8, 4) is 11.4 Å². The molecule has 0 radical (unpaired) electrons. The number of ether oxygens (including phenoxy) is 1. The monoisotopic (exact) mass is 581 g/mol. The number of hydrogen-bond acceptors (Lipinski definition) is 5. The summed E-state index contributed by atoms with van der Waals surface area (Å²) in [4.78, 5) is 26.7. The lowest BCUT2D eigenvalue weighted by Crippen LogP contribution is -2.28. The van der Waals surface area contributed by atoms with Crippen LogP contribution < -0.4 is 11.2 Å². The third-order valence-corrected chi connectivity index (χ3v) is 7.06. The molecule has 0 unspecified atom stereocenters. The highest BCUT2D eigenvalue weighted by Crippen LogP contribution is 2.37. The van der Waals surface area contributed by atoms with Gasteiger partial charge >= 0.3 is 11.9 Å². The number of alkyl halides is 3. The number of para-hydroxylation sites is 1. The van der Waals surface area contributed by atoms with Crippen LogP contribution in [0.4, 0.5) is 17.6 Å². The van der Waals surface area contributed by atoms with Crippen LogP contribution in [0.1, 0.15) is 42.4 Å². The van der Waals surface area contributed by atoms with E-state index in [0.29, 0.717) is 5.56 Å². The topological polar surface area (TPSA) is 83.9 Å². The van der Waals surface area contributed by atoms with Crippen molar-refractivity contribution in [2.24, 2.45) is 0 Å². The number of rotatable bonds is 8. The van der Waals surface area contributed by atoms with Gasteiger partial charge in [-0.15, -0.1) is 5.10 Å². The van der Waals surface area contributed by atoms with Crippen LogP contribution in [-0.4, -0.2) is 30.3 Å². The van der Waals surface area contributed by atoms with E-state index in [1.54, 1.807) is 38.1 Å². The minimum Gasteiger partial charge on any atom is -0.369 e. The van der Waals surface area contributed by atoms with Crippen molar-refractivity contribution in [3.63, 3.8) is 0 Å². The van der Waals surface area contributed by atoms with Crippen LogP contribution in [0.5, 0.6) is 0 Å². The molecule has 1 atom stereocenters. The Kier molecular flexibility index (Phi) is 7.83. The molecule has 42 heavy (non-hydrogen) atoms. The lowest BCUT2D eigenvalue weighted by atomic mass is 10.00. The SMILES string of the molecule is CCn1c(COCc2ccccc2)nn(-c2cc3c([C@@H](C)C(F)(F)F)nn(-c4ccccc4C)c(=O)c3cc2F)c1=O. The predicted octanol–water partition coefficient (Wildman–Crippen LogP) is 5.58. The molecule has 3 aromatic carbocycles. The molecule has 0 spiro atoms. The van der Waals surface area contributed by atoms with Crippen LogP contribution in [0, 0.1) is 12.7 Å². The number of hydrogen-bond donors (Lipinski definition) is 0. The van der Waals surface area contributed by atoms with Crippen LogP contribution in [0.3, 0.4) is 0 Å². The Hall–Kier alpha value is -4.58. The fraction of sp³-hybridized carbons (Fsp3) is 0.267. The molecule has 0 saturated carbocycles. The number of halogens is 4. The summed E-state index contributed by atoms with van der Waals surface area (Å²) >= 11 is 0. The van der Waals surface area contributed by atoms with Gasteiger partial charge in [-0.05, 0) is 50.1 Å². The minimum absolute atomic E-state index is 0.0702. The normalized spacial score (nSPS) is 12.6. The fourth-order valence-corrected chi connectivity index (χ4v) is 4.73. The summed E-state index contributed by atoms with van der Waals surface area (Å²) in [6, 6.07) is 17.7. The van der Waals surface area contributed by atoms with Crippen LogP contribution in [0.25, 0.3) is 22.1 Å². The molecule has 0 N–H and O–H groups in total. The summed E-state index contributed by atoms with van der Waals surface area (Å²) in [6.07, 6.45) is -4.72. The molecule has 0 aliphatic heterocycles. The predicted molar refractivity (Wildman–Crippen MR) is 148 cm³/mol. The second-order valence-electron chi connectivity index (χ2n) is 9.83. The standard InChI is InChI=1S/C30H27F4N5O3/c1-4-37-26(17-42-16-20-11-6-5-7-12-20)35-39(29(37)41)25-15-21-22(14-23(25)31)28(40)38(24-13-9-8-10-18(24)2)36-27(21)19(3)30(32,33)34/h5-15,19H,4,16-17H2,1-3H3/t19-/m1/s1. The quantitative estimate of drug-likeness (QED) is 0.223. The Labute approximate surface area is 237 Å². The Morgan fingerprint density at radius 3 is 2.24 bits per heavy atom. The van der Waals surface area contributed by atoms with Crippen molar-refractivity contribution < 1.29 is 22.3 Å². The molecule has 218 valence electrons. The second-order valence-corrected chi connectivity index (χ2v) is 9.83. The van der Waals surface area contributed by atoms with E-state index in [-0.39, 0.29) is 42.0 Å². The van der Waals surface area contributed by atoms with Gasteiger partial charge in [0.25, 0.3) is 5.56 Å². The molecule has 5 rings (SSSR count). The van der Waals surface area contributed by atoms with Gasteiger partial charge in [0.05, 0.1) is 29.3 Å². The van der Waals surface area contributed by atoms with Crippen LogP contribution >= 0.6 is 0 Å². The van der Waals surface area contributed by atoms with Gasteiger partial charge in [0.1, 0.15) is 18.1 Å². The Morgan fingerprint density at radius 2 is 1.57 bits per heavy atom. The first-order valence-electron chi connectivity index (χ1n) is 13.2. The van der Waals surface area contributed by atoms with E-state index in [1.807, 2.05) is 30.3 Å². The maximum Gasteiger partial charge on any atom is 0.397 e. The first-order chi connectivity index (χ1) is 20.0. The van der Waals surface area contributed by atoms with Gasteiger partial charge in [0.15, 0.2) is 5.82 Å². The van der Waals surface area contributed by atoms with Gasteiger partial charge in [0.2, 0.25) is 0 Å². The van der Waals surface area contributed by atoms with Gasteiger partial charge in [-0.2, -0.15) is 27.6 Å². The molecule has 12 heteroatoms. The molecule has 0 fully saturated rings. The highest BCUT2D eigenvalue weighted by atomic mass is 19.4. The van der Waals surface area contributed by atoms with Gasteiger partial charge in [-0.25, -0.2) is 9.18 Å². The number of aromatic nitrogens is 5. The second kappa shape index (κ2) is 11.4.